The lowest BCUT2D eigenvalue weighted by Gasteiger charge is -2.15. The van der Waals surface area contributed by atoms with Crippen LogP contribution < -0.4 is 10.1 Å². The molecule has 0 radical (unpaired) electrons. The molecule has 30 heavy (non-hydrogen) atoms. The predicted octanol–water partition coefficient (Wildman–Crippen LogP) is 3.29. The molecule has 0 saturated heterocycles. The van der Waals surface area contributed by atoms with E-state index in [-0.39, 0.29) is 18.2 Å². The van der Waals surface area contributed by atoms with Crippen LogP contribution in [-0.4, -0.2) is 41.0 Å². The zero-order valence-corrected chi connectivity index (χ0v) is 17.2. The number of nitrogens with zero attached hydrogens (tertiary/aromatic N) is 3. The van der Waals surface area contributed by atoms with Crippen molar-refractivity contribution in [1.82, 2.24) is 15.0 Å². The highest BCUT2D eigenvalue weighted by molar-refractivity contribution is 5.90. The third kappa shape index (κ3) is 5.66. The first-order valence-corrected chi connectivity index (χ1v) is 9.52. The van der Waals surface area contributed by atoms with Gasteiger partial charge >= 0.3 is 0 Å². The Bertz CT molecular complexity index is 1010. The Labute approximate surface area is 174 Å². The van der Waals surface area contributed by atoms with Gasteiger partial charge < -0.3 is 19.5 Å². The Kier molecular flexibility index (Phi) is 6.79. The van der Waals surface area contributed by atoms with Crippen molar-refractivity contribution < 1.29 is 18.8 Å². The van der Waals surface area contributed by atoms with Crippen LogP contribution in [0, 0.1) is 0 Å². The highest BCUT2D eigenvalue weighted by atomic mass is 16.5. The van der Waals surface area contributed by atoms with Crippen molar-refractivity contribution in [3.63, 3.8) is 0 Å². The minimum absolute atomic E-state index is 0.0157. The summed E-state index contributed by atoms with van der Waals surface area (Å²) in [5.74, 6) is 1.44. The maximum atomic E-state index is 12.3. The van der Waals surface area contributed by atoms with Crippen molar-refractivity contribution in [1.29, 1.82) is 0 Å². The molecule has 3 rings (SSSR count). The van der Waals surface area contributed by atoms with Crippen molar-refractivity contribution in [2.24, 2.45) is 0 Å². The van der Waals surface area contributed by atoms with E-state index in [4.69, 9.17) is 9.26 Å². The molecule has 0 spiro atoms. The van der Waals surface area contributed by atoms with Crippen LogP contribution in [0.2, 0.25) is 0 Å². The number of rotatable bonds is 8. The predicted molar refractivity (Wildman–Crippen MR) is 112 cm³/mol. The number of methoxy groups -OCH3 is 1. The quantitative estimate of drug-likeness (QED) is 0.614. The summed E-state index contributed by atoms with van der Waals surface area (Å²) in [4.78, 5) is 29.6. The van der Waals surface area contributed by atoms with Crippen LogP contribution in [0.25, 0.3) is 11.4 Å². The molecule has 156 valence electrons. The minimum atomic E-state index is -0.156. The average molecular weight is 408 g/mol. The minimum Gasteiger partial charge on any atom is -0.497 e. The van der Waals surface area contributed by atoms with Gasteiger partial charge in [0.05, 0.1) is 7.11 Å². The number of hydrogen-bond donors (Lipinski definition) is 1. The molecule has 0 aliphatic heterocycles. The van der Waals surface area contributed by atoms with Gasteiger partial charge in [-0.3, -0.25) is 9.59 Å². The van der Waals surface area contributed by atoms with Crippen molar-refractivity contribution in [2.75, 3.05) is 19.5 Å². The van der Waals surface area contributed by atoms with Gasteiger partial charge in [0.15, 0.2) is 0 Å². The van der Waals surface area contributed by atoms with E-state index in [1.807, 2.05) is 48.5 Å². The molecule has 2 amide bonds. The number of nitrogens with one attached hydrogen (secondary N) is 1. The Hall–Kier alpha value is -3.68. The molecule has 0 fully saturated rings. The SMILES string of the molecule is COc1ccc(-c2noc(CCC(=O)Nc3cccc(CN(C)C(C)=O)c3)n2)cc1. The molecule has 0 bridgehead atoms. The van der Waals surface area contributed by atoms with Crippen molar-refractivity contribution in [3.05, 3.63) is 60.0 Å². The van der Waals surface area contributed by atoms with Crippen molar-refractivity contribution >= 4 is 17.5 Å². The number of hydrogen-bond acceptors (Lipinski definition) is 6. The summed E-state index contributed by atoms with van der Waals surface area (Å²) in [6.07, 6.45) is 0.545. The topological polar surface area (TPSA) is 97.6 Å². The summed E-state index contributed by atoms with van der Waals surface area (Å²) in [6.45, 7) is 2.00. The van der Waals surface area contributed by atoms with Crippen LogP contribution in [-0.2, 0) is 22.6 Å². The number of carbonyl (C=O) groups excluding carboxylic acids is 2. The number of carbonyl (C=O) groups is 2. The van der Waals surface area contributed by atoms with Crippen LogP contribution in [0.15, 0.2) is 53.1 Å². The second kappa shape index (κ2) is 9.69. The Morgan fingerprint density at radius 3 is 2.63 bits per heavy atom. The molecule has 0 saturated carbocycles. The molecule has 2 aromatic carbocycles. The van der Waals surface area contributed by atoms with Crippen molar-refractivity contribution in [3.8, 4) is 17.1 Å². The maximum absolute atomic E-state index is 12.3. The highest BCUT2D eigenvalue weighted by Gasteiger charge is 2.12. The Morgan fingerprint density at radius 2 is 1.93 bits per heavy atom. The van der Waals surface area contributed by atoms with Gasteiger partial charge in [-0.2, -0.15) is 4.98 Å². The van der Waals surface area contributed by atoms with Crippen LogP contribution in [0.4, 0.5) is 5.69 Å². The number of aryl methyl sites for hydroxylation is 1. The monoisotopic (exact) mass is 408 g/mol. The summed E-state index contributed by atoms with van der Waals surface area (Å²) in [6, 6.07) is 14.7. The summed E-state index contributed by atoms with van der Waals surface area (Å²) >= 11 is 0. The molecular formula is C22H24N4O4. The fourth-order valence-electron chi connectivity index (χ4n) is 2.79. The van der Waals surface area contributed by atoms with Gasteiger partial charge in [-0.15, -0.1) is 0 Å². The molecule has 1 N–H and O–H groups in total. The fraction of sp³-hybridized carbons (Fsp3) is 0.273. The second-order valence-corrected chi connectivity index (χ2v) is 6.86. The Morgan fingerprint density at radius 1 is 1.17 bits per heavy atom. The smallest absolute Gasteiger partial charge is 0.227 e. The molecule has 8 heteroatoms. The average Bonchev–Trinajstić information content (AvgIpc) is 3.21. The molecule has 0 atom stereocenters. The van der Waals surface area contributed by atoms with Gasteiger partial charge in [-0.05, 0) is 42.0 Å². The van der Waals surface area contributed by atoms with Gasteiger partial charge in [0.2, 0.25) is 23.5 Å². The molecule has 1 aromatic heterocycles. The van der Waals surface area contributed by atoms with Crippen LogP contribution in [0.3, 0.4) is 0 Å². The first-order valence-electron chi connectivity index (χ1n) is 9.52. The van der Waals surface area contributed by atoms with Crippen LogP contribution in [0.5, 0.6) is 5.75 Å². The molecular weight excluding hydrogens is 384 g/mol. The van der Waals surface area contributed by atoms with E-state index >= 15 is 0 Å². The van der Waals surface area contributed by atoms with E-state index < -0.39 is 0 Å². The van der Waals surface area contributed by atoms with Gasteiger partial charge in [0.1, 0.15) is 5.75 Å². The standard InChI is InChI=1S/C22H24N4O4/c1-15(27)26(2)14-16-5-4-6-18(13-16)23-20(28)11-12-21-24-22(25-30-21)17-7-9-19(29-3)10-8-17/h4-10,13H,11-12,14H2,1-3H3,(H,23,28). The molecule has 8 nitrogen and oxygen atoms in total. The number of amides is 2. The van der Waals surface area contributed by atoms with E-state index in [1.54, 1.807) is 19.1 Å². The van der Waals surface area contributed by atoms with Gasteiger partial charge in [0.25, 0.3) is 0 Å². The summed E-state index contributed by atoms with van der Waals surface area (Å²) < 4.78 is 10.4. The number of ether oxygens (including phenoxy) is 1. The molecule has 0 aliphatic rings. The third-order valence-electron chi connectivity index (χ3n) is 4.55. The van der Waals surface area contributed by atoms with Crippen molar-refractivity contribution in [2.45, 2.75) is 26.3 Å². The largest absolute Gasteiger partial charge is 0.497 e. The maximum Gasteiger partial charge on any atom is 0.227 e. The zero-order valence-electron chi connectivity index (χ0n) is 17.2. The first-order chi connectivity index (χ1) is 14.4. The number of benzene rings is 2. The summed E-state index contributed by atoms with van der Waals surface area (Å²) in [5.41, 5.74) is 2.42. The lowest BCUT2D eigenvalue weighted by molar-refractivity contribution is -0.128. The number of aromatic nitrogens is 2. The summed E-state index contributed by atoms with van der Waals surface area (Å²) in [7, 11) is 3.34. The molecule has 0 aliphatic carbocycles. The molecule has 3 aromatic rings. The highest BCUT2D eigenvalue weighted by Crippen LogP contribution is 2.20. The van der Waals surface area contributed by atoms with Gasteiger partial charge in [-0.1, -0.05) is 17.3 Å². The zero-order chi connectivity index (χ0) is 21.5. The van der Waals surface area contributed by atoms with E-state index in [0.717, 1.165) is 16.9 Å². The molecule has 1 heterocycles. The van der Waals surface area contributed by atoms with E-state index in [0.29, 0.717) is 30.4 Å². The lowest BCUT2D eigenvalue weighted by Crippen LogP contribution is -2.23. The van der Waals surface area contributed by atoms with Gasteiger partial charge in [0, 0.05) is 44.6 Å². The fourth-order valence-corrected chi connectivity index (χ4v) is 2.79. The second-order valence-electron chi connectivity index (χ2n) is 6.86. The van der Waals surface area contributed by atoms with E-state index in [2.05, 4.69) is 15.5 Å². The van der Waals surface area contributed by atoms with Crippen LogP contribution in [0.1, 0.15) is 24.8 Å². The number of anilines is 1. The normalized spacial score (nSPS) is 10.5. The van der Waals surface area contributed by atoms with Crippen LogP contribution >= 0.6 is 0 Å². The summed E-state index contributed by atoms with van der Waals surface area (Å²) in [5, 5.41) is 6.83. The molecule has 0 unspecified atom stereocenters. The first kappa shape index (κ1) is 21.0. The lowest BCUT2D eigenvalue weighted by atomic mass is 10.2. The van der Waals surface area contributed by atoms with Gasteiger partial charge in [-0.25, -0.2) is 0 Å². The van der Waals surface area contributed by atoms with E-state index in [1.165, 1.54) is 6.92 Å². The third-order valence-corrected chi connectivity index (χ3v) is 4.55. The Balaban J connectivity index is 1.54. The van der Waals surface area contributed by atoms with E-state index in [9.17, 15) is 9.59 Å².